The number of carboxylic acid groups (broad SMARTS) is 1. The standard InChI is InChI=1S/C13H18BrNO5S/c1-4-5-15(8-13(16)17)21(18,19)12-7-10(14)9(2)6-11(12)20-3/h6-7H,4-5,8H2,1-3H3,(H,16,17). The number of sulfonamides is 1. The number of aryl methyl sites for hydroxylation is 1. The highest BCUT2D eigenvalue weighted by Gasteiger charge is 2.29. The van der Waals surface area contributed by atoms with Crippen LogP contribution in [0.25, 0.3) is 0 Å². The van der Waals surface area contributed by atoms with E-state index < -0.39 is 22.5 Å². The van der Waals surface area contributed by atoms with Crippen molar-refractivity contribution in [3.63, 3.8) is 0 Å². The molecule has 0 fully saturated rings. The Morgan fingerprint density at radius 3 is 2.52 bits per heavy atom. The normalized spacial score (nSPS) is 11.7. The zero-order valence-electron chi connectivity index (χ0n) is 12.1. The smallest absolute Gasteiger partial charge is 0.318 e. The van der Waals surface area contributed by atoms with Crippen molar-refractivity contribution >= 4 is 31.9 Å². The van der Waals surface area contributed by atoms with Crippen molar-refractivity contribution in [2.45, 2.75) is 25.2 Å². The van der Waals surface area contributed by atoms with E-state index in [9.17, 15) is 13.2 Å². The van der Waals surface area contributed by atoms with Crippen molar-refractivity contribution in [2.24, 2.45) is 0 Å². The Balaban J connectivity index is 3.39. The number of carbonyl (C=O) groups is 1. The number of nitrogens with zero attached hydrogens (tertiary/aromatic N) is 1. The molecule has 0 heterocycles. The molecule has 1 aromatic carbocycles. The minimum atomic E-state index is -3.94. The monoisotopic (exact) mass is 379 g/mol. The number of hydrogen-bond donors (Lipinski definition) is 1. The Labute approximate surface area is 132 Å². The van der Waals surface area contributed by atoms with Gasteiger partial charge in [-0.25, -0.2) is 8.42 Å². The number of ether oxygens (including phenoxy) is 1. The molecule has 0 spiro atoms. The summed E-state index contributed by atoms with van der Waals surface area (Å²) >= 11 is 3.29. The second-order valence-corrected chi connectivity index (χ2v) is 7.25. The summed E-state index contributed by atoms with van der Waals surface area (Å²) in [6, 6.07) is 3.04. The lowest BCUT2D eigenvalue weighted by atomic mass is 10.2. The van der Waals surface area contributed by atoms with Crippen molar-refractivity contribution in [3.05, 3.63) is 22.2 Å². The van der Waals surface area contributed by atoms with E-state index in [1.165, 1.54) is 13.2 Å². The topological polar surface area (TPSA) is 83.9 Å². The van der Waals surface area contributed by atoms with Crippen LogP contribution in [-0.4, -0.2) is 44.0 Å². The number of aliphatic carboxylic acids is 1. The van der Waals surface area contributed by atoms with Crippen molar-refractivity contribution in [1.29, 1.82) is 0 Å². The first-order valence-corrected chi connectivity index (χ1v) is 8.53. The maximum absolute atomic E-state index is 12.7. The van der Waals surface area contributed by atoms with Gasteiger partial charge in [-0.05, 0) is 31.0 Å². The van der Waals surface area contributed by atoms with Crippen molar-refractivity contribution in [1.82, 2.24) is 4.31 Å². The summed E-state index contributed by atoms with van der Waals surface area (Å²) in [7, 11) is -2.56. The van der Waals surface area contributed by atoms with E-state index in [0.717, 1.165) is 9.87 Å². The third-order valence-electron chi connectivity index (χ3n) is 2.85. The highest BCUT2D eigenvalue weighted by Crippen LogP contribution is 2.32. The minimum Gasteiger partial charge on any atom is -0.495 e. The molecule has 0 bridgehead atoms. The molecule has 0 radical (unpaired) electrons. The summed E-state index contributed by atoms with van der Waals surface area (Å²) in [5.41, 5.74) is 0.825. The van der Waals surface area contributed by atoms with Gasteiger partial charge in [0.05, 0.1) is 7.11 Å². The quantitative estimate of drug-likeness (QED) is 0.785. The first kappa shape index (κ1) is 17.9. The number of halogens is 1. The fraction of sp³-hybridized carbons (Fsp3) is 0.462. The van der Waals surface area contributed by atoms with Gasteiger partial charge in [-0.15, -0.1) is 0 Å². The summed E-state index contributed by atoms with van der Waals surface area (Å²) in [6.45, 7) is 3.14. The van der Waals surface area contributed by atoms with Crippen LogP contribution in [-0.2, 0) is 14.8 Å². The highest BCUT2D eigenvalue weighted by molar-refractivity contribution is 9.10. The lowest BCUT2D eigenvalue weighted by molar-refractivity contribution is -0.137. The summed E-state index contributed by atoms with van der Waals surface area (Å²) in [6.07, 6.45) is 0.516. The van der Waals surface area contributed by atoms with Gasteiger partial charge in [-0.2, -0.15) is 4.31 Å². The third-order valence-corrected chi connectivity index (χ3v) is 5.57. The number of hydrogen-bond acceptors (Lipinski definition) is 4. The molecule has 21 heavy (non-hydrogen) atoms. The summed E-state index contributed by atoms with van der Waals surface area (Å²) in [5, 5.41) is 8.90. The van der Waals surface area contributed by atoms with Gasteiger partial charge < -0.3 is 9.84 Å². The molecule has 0 aliphatic carbocycles. The number of benzene rings is 1. The third kappa shape index (κ3) is 4.18. The Bertz CT molecular complexity index is 630. The molecule has 0 aliphatic heterocycles. The van der Waals surface area contributed by atoms with E-state index in [1.54, 1.807) is 13.0 Å². The van der Waals surface area contributed by atoms with Gasteiger partial charge >= 0.3 is 5.97 Å². The minimum absolute atomic E-state index is 0.0443. The van der Waals surface area contributed by atoms with Gasteiger partial charge in [0.1, 0.15) is 17.2 Å². The summed E-state index contributed by atoms with van der Waals surface area (Å²) in [4.78, 5) is 10.8. The van der Waals surface area contributed by atoms with Gasteiger partial charge in [-0.1, -0.05) is 22.9 Å². The van der Waals surface area contributed by atoms with Gasteiger partial charge in [0.2, 0.25) is 10.0 Å². The Morgan fingerprint density at radius 1 is 1.43 bits per heavy atom. The van der Waals surface area contributed by atoms with E-state index in [2.05, 4.69) is 15.9 Å². The van der Waals surface area contributed by atoms with E-state index in [-0.39, 0.29) is 17.2 Å². The highest BCUT2D eigenvalue weighted by atomic mass is 79.9. The molecule has 0 atom stereocenters. The molecule has 0 amide bonds. The maximum atomic E-state index is 12.7. The van der Waals surface area contributed by atoms with Crippen molar-refractivity contribution < 1.29 is 23.1 Å². The van der Waals surface area contributed by atoms with E-state index >= 15 is 0 Å². The molecular weight excluding hydrogens is 362 g/mol. The molecule has 1 N–H and O–H groups in total. The van der Waals surface area contributed by atoms with Crippen LogP contribution in [0.4, 0.5) is 0 Å². The zero-order valence-corrected chi connectivity index (χ0v) is 14.5. The van der Waals surface area contributed by atoms with Gasteiger partial charge in [0.25, 0.3) is 0 Å². The Hall–Kier alpha value is -1.12. The molecule has 8 heteroatoms. The molecule has 0 saturated carbocycles. The molecule has 0 aliphatic rings. The summed E-state index contributed by atoms with van der Waals surface area (Å²) < 4.78 is 32.0. The van der Waals surface area contributed by atoms with Crippen LogP contribution >= 0.6 is 15.9 Å². The second-order valence-electron chi connectivity index (χ2n) is 4.48. The molecule has 118 valence electrons. The first-order chi connectivity index (χ1) is 9.73. The predicted octanol–water partition coefficient (Wildman–Crippen LogP) is 2.25. The van der Waals surface area contributed by atoms with Crippen LogP contribution in [0.1, 0.15) is 18.9 Å². The van der Waals surface area contributed by atoms with E-state index in [0.29, 0.717) is 10.9 Å². The predicted molar refractivity (Wildman–Crippen MR) is 82.1 cm³/mol. The maximum Gasteiger partial charge on any atom is 0.318 e. The number of rotatable bonds is 7. The SMILES string of the molecule is CCCN(CC(=O)O)S(=O)(=O)c1cc(Br)c(C)cc1OC. The fourth-order valence-electron chi connectivity index (χ4n) is 1.82. The lowest BCUT2D eigenvalue weighted by Gasteiger charge is -2.21. The molecular formula is C13H18BrNO5S. The zero-order chi connectivity index (χ0) is 16.2. The molecule has 1 rings (SSSR count). The first-order valence-electron chi connectivity index (χ1n) is 6.30. The van der Waals surface area contributed by atoms with Crippen LogP contribution in [0.5, 0.6) is 5.75 Å². The van der Waals surface area contributed by atoms with Crippen LogP contribution < -0.4 is 4.74 Å². The van der Waals surface area contributed by atoms with Crippen molar-refractivity contribution in [2.75, 3.05) is 20.2 Å². The van der Waals surface area contributed by atoms with E-state index in [1.807, 2.05) is 6.92 Å². The van der Waals surface area contributed by atoms with Crippen LogP contribution in [0.15, 0.2) is 21.5 Å². The largest absolute Gasteiger partial charge is 0.495 e. The molecule has 0 aromatic heterocycles. The fourth-order valence-corrected chi connectivity index (χ4v) is 3.96. The average molecular weight is 380 g/mol. The molecule has 1 aromatic rings. The van der Waals surface area contributed by atoms with Crippen LogP contribution in [0.2, 0.25) is 0 Å². The second kappa shape index (κ2) is 7.24. The van der Waals surface area contributed by atoms with Crippen molar-refractivity contribution in [3.8, 4) is 5.75 Å². The van der Waals surface area contributed by atoms with Gasteiger partial charge in [0, 0.05) is 11.0 Å². The number of carboxylic acids is 1. The number of methoxy groups -OCH3 is 1. The lowest BCUT2D eigenvalue weighted by Crippen LogP contribution is -2.36. The van der Waals surface area contributed by atoms with Crippen LogP contribution in [0.3, 0.4) is 0 Å². The van der Waals surface area contributed by atoms with Gasteiger partial charge in [-0.3, -0.25) is 4.79 Å². The summed E-state index contributed by atoms with van der Waals surface area (Å²) in [5.74, 6) is -1.00. The van der Waals surface area contributed by atoms with Crippen LogP contribution in [0, 0.1) is 6.92 Å². The average Bonchev–Trinajstić information content (AvgIpc) is 2.40. The Kier molecular flexibility index (Phi) is 6.18. The molecule has 6 nitrogen and oxygen atoms in total. The van der Waals surface area contributed by atoms with Gasteiger partial charge in [0.15, 0.2) is 0 Å². The Morgan fingerprint density at radius 2 is 2.05 bits per heavy atom. The van der Waals surface area contributed by atoms with E-state index in [4.69, 9.17) is 9.84 Å². The molecule has 0 saturated heterocycles. The molecule has 0 unspecified atom stereocenters.